The third-order valence-electron chi connectivity index (χ3n) is 4.53. The van der Waals surface area contributed by atoms with Gasteiger partial charge in [0, 0.05) is 18.8 Å². The van der Waals surface area contributed by atoms with Crippen LogP contribution in [0.5, 0.6) is 0 Å². The molecule has 0 unspecified atom stereocenters. The lowest BCUT2D eigenvalue weighted by Crippen LogP contribution is -2.31. The largest absolute Gasteiger partial charge is 0.350 e. The van der Waals surface area contributed by atoms with Crippen molar-refractivity contribution >= 4 is 5.78 Å². The van der Waals surface area contributed by atoms with Crippen LogP contribution in [0.4, 0.5) is 0 Å². The summed E-state index contributed by atoms with van der Waals surface area (Å²) in [5.41, 5.74) is 3.16. The van der Waals surface area contributed by atoms with E-state index in [1.54, 1.807) is 12.2 Å². The molecule has 0 spiro atoms. The number of carbonyl (C=O) groups excluding carboxylic acids is 1. The summed E-state index contributed by atoms with van der Waals surface area (Å²) in [7, 11) is 4.18. The minimum Gasteiger partial charge on any atom is -0.350 e. The quantitative estimate of drug-likeness (QED) is 0.691. The number of allylic oxidation sites excluding steroid dienone is 8. The Kier molecular flexibility index (Phi) is 3.93. The van der Waals surface area contributed by atoms with E-state index in [9.17, 15) is 4.79 Å². The van der Waals surface area contributed by atoms with Gasteiger partial charge in [0.25, 0.3) is 0 Å². The summed E-state index contributed by atoms with van der Waals surface area (Å²) < 4.78 is 0. The molecule has 0 aromatic carbocycles. The van der Waals surface area contributed by atoms with Gasteiger partial charge in [0.1, 0.15) is 0 Å². The predicted octanol–water partition coefficient (Wildman–Crippen LogP) is 2.66. The normalized spacial score (nSPS) is 27.4. The Bertz CT molecular complexity index is 584. The fourth-order valence-corrected chi connectivity index (χ4v) is 3.13. The third-order valence-corrected chi connectivity index (χ3v) is 4.53. The van der Waals surface area contributed by atoms with Gasteiger partial charge in [-0.2, -0.15) is 0 Å². The van der Waals surface area contributed by atoms with Crippen LogP contribution in [0.3, 0.4) is 0 Å². The zero-order chi connectivity index (χ0) is 14.8. The van der Waals surface area contributed by atoms with Crippen molar-refractivity contribution in [2.45, 2.75) is 12.8 Å². The third kappa shape index (κ3) is 2.93. The average Bonchev–Trinajstić information content (AvgIpc) is 2.50. The van der Waals surface area contributed by atoms with Crippen molar-refractivity contribution in [1.29, 1.82) is 0 Å². The van der Waals surface area contributed by atoms with Crippen molar-refractivity contribution in [3.63, 3.8) is 0 Å². The van der Waals surface area contributed by atoms with Crippen LogP contribution in [0.15, 0.2) is 59.5 Å². The highest BCUT2D eigenvalue weighted by molar-refractivity contribution is 6.08. The SMILES string of the molecule is CN1CCC(C2=C/C(=C3/C=CC=CC3=O)N(C)C=C2)CC1. The van der Waals surface area contributed by atoms with Gasteiger partial charge in [0.15, 0.2) is 5.78 Å². The topological polar surface area (TPSA) is 23.6 Å². The standard InChI is InChI=1S/C18H22N2O/c1-19-10-7-14(8-11-19)15-9-12-20(2)17(13-15)16-5-3-4-6-18(16)21/h3-6,9,12-14H,7-8,10-11H2,1-2H3/b17-16+. The maximum Gasteiger partial charge on any atom is 0.187 e. The summed E-state index contributed by atoms with van der Waals surface area (Å²) >= 11 is 0. The van der Waals surface area contributed by atoms with Crippen LogP contribution >= 0.6 is 0 Å². The molecule has 1 aliphatic carbocycles. The molecule has 0 amide bonds. The Morgan fingerprint density at radius 1 is 1.05 bits per heavy atom. The molecule has 3 rings (SSSR count). The molecule has 0 aromatic heterocycles. The van der Waals surface area contributed by atoms with Gasteiger partial charge >= 0.3 is 0 Å². The monoisotopic (exact) mass is 282 g/mol. The summed E-state index contributed by atoms with van der Waals surface area (Å²) in [6.07, 6.45) is 16.2. The first-order valence-corrected chi connectivity index (χ1v) is 7.59. The number of piperidine rings is 1. The Balaban J connectivity index is 1.89. The van der Waals surface area contributed by atoms with E-state index >= 15 is 0 Å². The molecule has 0 bridgehead atoms. The Morgan fingerprint density at radius 3 is 2.48 bits per heavy atom. The molecule has 1 fully saturated rings. The lowest BCUT2D eigenvalue weighted by atomic mass is 9.87. The van der Waals surface area contributed by atoms with E-state index in [2.05, 4.69) is 30.3 Å². The van der Waals surface area contributed by atoms with Crippen LogP contribution < -0.4 is 0 Å². The summed E-state index contributed by atoms with van der Waals surface area (Å²) in [6, 6.07) is 0. The van der Waals surface area contributed by atoms with Crippen LogP contribution in [-0.2, 0) is 4.79 Å². The summed E-state index contributed by atoms with van der Waals surface area (Å²) in [5.74, 6) is 0.702. The maximum absolute atomic E-state index is 12.1. The highest BCUT2D eigenvalue weighted by atomic mass is 16.1. The first kappa shape index (κ1) is 14.1. The van der Waals surface area contributed by atoms with Gasteiger partial charge in [0.05, 0.1) is 5.70 Å². The van der Waals surface area contributed by atoms with E-state index in [0.29, 0.717) is 5.92 Å². The van der Waals surface area contributed by atoms with Crippen molar-refractivity contribution in [2.24, 2.45) is 5.92 Å². The molecule has 0 saturated carbocycles. The van der Waals surface area contributed by atoms with Crippen molar-refractivity contribution < 1.29 is 4.79 Å². The first-order chi connectivity index (χ1) is 10.1. The predicted molar refractivity (Wildman–Crippen MR) is 85.5 cm³/mol. The number of carbonyl (C=O) groups is 1. The van der Waals surface area contributed by atoms with Gasteiger partial charge in [-0.05, 0) is 68.8 Å². The molecule has 0 aromatic rings. The molecule has 2 aliphatic heterocycles. The molecule has 0 radical (unpaired) electrons. The fourth-order valence-electron chi connectivity index (χ4n) is 3.13. The Hall–Kier alpha value is -1.87. The molecule has 110 valence electrons. The summed E-state index contributed by atoms with van der Waals surface area (Å²) in [6.45, 7) is 2.30. The number of nitrogens with zero attached hydrogens (tertiary/aromatic N) is 2. The van der Waals surface area contributed by atoms with Crippen LogP contribution in [0.1, 0.15) is 12.8 Å². The summed E-state index contributed by atoms with van der Waals surface area (Å²) in [5, 5.41) is 0. The lowest BCUT2D eigenvalue weighted by molar-refractivity contribution is -0.111. The Labute approximate surface area is 126 Å². The molecule has 0 atom stereocenters. The second kappa shape index (κ2) is 5.86. The molecule has 1 saturated heterocycles. The van der Waals surface area contributed by atoms with Crippen LogP contribution in [0, 0.1) is 5.92 Å². The number of hydrogen-bond donors (Lipinski definition) is 0. The van der Waals surface area contributed by atoms with Crippen molar-refractivity contribution in [3.8, 4) is 0 Å². The Morgan fingerprint density at radius 2 is 1.76 bits per heavy atom. The molecule has 2 heterocycles. The van der Waals surface area contributed by atoms with Gasteiger partial charge in [0.2, 0.25) is 0 Å². The highest BCUT2D eigenvalue weighted by Gasteiger charge is 2.23. The number of rotatable bonds is 1. The zero-order valence-electron chi connectivity index (χ0n) is 12.7. The van der Waals surface area contributed by atoms with E-state index in [0.717, 1.165) is 24.4 Å². The van der Waals surface area contributed by atoms with E-state index in [1.807, 2.05) is 24.1 Å². The molecular formula is C18H22N2O. The van der Waals surface area contributed by atoms with E-state index in [4.69, 9.17) is 0 Å². The van der Waals surface area contributed by atoms with E-state index < -0.39 is 0 Å². The minimum absolute atomic E-state index is 0.0913. The van der Waals surface area contributed by atoms with Gasteiger partial charge < -0.3 is 9.80 Å². The van der Waals surface area contributed by atoms with Crippen LogP contribution in [-0.4, -0.2) is 42.8 Å². The number of likely N-dealkylation sites (N-methyl/N-ethyl adjacent to an activating group) is 1. The highest BCUT2D eigenvalue weighted by Crippen LogP contribution is 2.30. The average molecular weight is 282 g/mol. The molecule has 21 heavy (non-hydrogen) atoms. The lowest BCUT2D eigenvalue weighted by Gasteiger charge is -2.32. The van der Waals surface area contributed by atoms with Gasteiger partial charge in [-0.3, -0.25) is 4.79 Å². The van der Waals surface area contributed by atoms with E-state index in [1.165, 1.54) is 18.4 Å². The maximum atomic E-state index is 12.1. The molecule has 0 N–H and O–H groups in total. The minimum atomic E-state index is 0.0913. The van der Waals surface area contributed by atoms with E-state index in [-0.39, 0.29) is 5.78 Å². The zero-order valence-corrected chi connectivity index (χ0v) is 12.7. The van der Waals surface area contributed by atoms with Crippen molar-refractivity contribution in [2.75, 3.05) is 27.2 Å². The summed E-state index contributed by atoms with van der Waals surface area (Å²) in [4.78, 5) is 16.5. The molecule has 3 nitrogen and oxygen atoms in total. The second-order valence-corrected chi connectivity index (χ2v) is 6.03. The number of likely N-dealkylation sites (tertiary alicyclic amines) is 1. The molecule has 3 aliphatic rings. The number of hydrogen-bond acceptors (Lipinski definition) is 3. The molecular weight excluding hydrogens is 260 g/mol. The fraction of sp³-hybridized carbons (Fsp3) is 0.389. The van der Waals surface area contributed by atoms with Crippen LogP contribution in [0.25, 0.3) is 0 Å². The van der Waals surface area contributed by atoms with Gasteiger partial charge in [-0.25, -0.2) is 0 Å². The van der Waals surface area contributed by atoms with Gasteiger partial charge in [-0.1, -0.05) is 12.2 Å². The number of ketones is 1. The molecule has 3 heteroatoms. The van der Waals surface area contributed by atoms with Gasteiger partial charge in [-0.15, -0.1) is 0 Å². The van der Waals surface area contributed by atoms with Crippen molar-refractivity contribution in [3.05, 3.63) is 59.5 Å². The second-order valence-electron chi connectivity index (χ2n) is 6.03. The smallest absolute Gasteiger partial charge is 0.187 e. The first-order valence-electron chi connectivity index (χ1n) is 7.59. The van der Waals surface area contributed by atoms with Crippen molar-refractivity contribution in [1.82, 2.24) is 9.80 Å². The van der Waals surface area contributed by atoms with Crippen LogP contribution in [0.2, 0.25) is 0 Å².